The number of carbonyl (C=O) groups is 1. The van der Waals surface area contributed by atoms with Gasteiger partial charge < -0.3 is 9.88 Å². The van der Waals surface area contributed by atoms with E-state index in [9.17, 15) is 9.59 Å². The van der Waals surface area contributed by atoms with Crippen LogP contribution in [0.1, 0.15) is 24.7 Å². The average molecular weight is 437 g/mol. The Morgan fingerprint density at radius 3 is 2.74 bits per heavy atom. The smallest absolute Gasteiger partial charge is 0.262 e. The van der Waals surface area contributed by atoms with Crippen molar-refractivity contribution in [2.75, 3.05) is 6.54 Å². The number of nitrogens with zero attached hydrogens (tertiary/aromatic N) is 5. The minimum Gasteiger partial charge on any atom is -0.356 e. The number of thiophene rings is 1. The third-order valence-electron chi connectivity index (χ3n) is 5.21. The minimum atomic E-state index is -0.120. The molecule has 1 N–H and O–H groups in total. The maximum absolute atomic E-state index is 13.1. The summed E-state index contributed by atoms with van der Waals surface area (Å²) in [6, 6.07) is 8.09. The zero-order chi connectivity index (χ0) is 21.8. The van der Waals surface area contributed by atoms with Crippen molar-refractivity contribution >= 4 is 27.5 Å². The Labute approximate surface area is 183 Å². The van der Waals surface area contributed by atoms with Gasteiger partial charge in [0.1, 0.15) is 17.0 Å². The molecule has 0 spiro atoms. The summed E-state index contributed by atoms with van der Waals surface area (Å²) in [5.41, 5.74) is 2.92. The van der Waals surface area contributed by atoms with Gasteiger partial charge in [-0.3, -0.25) is 14.2 Å². The molecule has 8 nitrogen and oxygen atoms in total. The summed E-state index contributed by atoms with van der Waals surface area (Å²) >= 11 is 1.46. The summed E-state index contributed by atoms with van der Waals surface area (Å²) in [5, 5.41) is 13.4. The molecule has 0 aliphatic carbocycles. The van der Waals surface area contributed by atoms with Gasteiger partial charge in [-0.2, -0.15) is 0 Å². The maximum Gasteiger partial charge on any atom is 0.262 e. The quantitative estimate of drug-likeness (QED) is 0.458. The van der Waals surface area contributed by atoms with Gasteiger partial charge in [0.15, 0.2) is 0 Å². The molecule has 1 amide bonds. The fourth-order valence-corrected chi connectivity index (χ4v) is 4.34. The molecule has 0 radical (unpaired) electrons. The van der Waals surface area contributed by atoms with Crippen molar-refractivity contribution in [2.45, 2.75) is 39.8 Å². The first-order valence-corrected chi connectivity index (χ1v) is 11.1. The minimum absolute atomic E-state index is 0.112. The van der Waals surface area contributed by atoms with Crippen LogP contribution in [-0.4, -0.2) is 36.8 Å². The molecule has 1 aromatic carbocycles. The molecule has 0 aliphatic heterocycles. The molecule has 31 heavy (non-hydrogen) atoms. The molecule has 0 aliphatic rings. The molecule has 4 rings (SSSR count). The van der Waals surface area contributed by atoms with Crippen LogP contribution in [0.25, 0.3) is 21.3 Å². The molecule has 160 valence electrons. The van der Waals surface area contributed by atoms with Crippen LogP contribution in [0.2, 0.25) is 0 Å². The van der Waals surface area contributed by atoms with Crippen molar-refractivity contribution in [1.82, 2.24) is 29.6 Å². The molecule has 9 heteroatoms. The Kier molecular flexibility index (Phi) is 6.22. The van der Waals surface area contributed by atoms with Crippen LogP contribution in [0, 0.1) is 6.92 Å². The van der Waals surface area contributed by atoms with Gasteiger partial charge in [-0.05, 0) is 19.4 Å². The third-order valence-corrected chi connectivity index (χ3v) is 6.10. The Morgan fingerprint density at radius 2 is 1.97 bits per heavy atom. The number of fused-ring (bicyclic) bond motifs is 1. The number of nitrogens with one attached hydrogen (secondary N) is 1. The summed E-state index contributed by atoms with van der Waals surface area (Å²) in [4.78, 5) is 30.5. The topological polar surface area (TPSA) is 94.7 Å². The summed E-state index contributed by atoms with van der Waals surface area (Å²) < 4.78 is 3.46. The highest BCUT2D eigenvalue weighted by molar-refractivity contribution is 7.17. The van der Waals surface area contributed by atoms with Crippen molar-refractivity contribution in [2.24, 2.45) is 0 Å². The lowest BCUT2D eigenvalue weighted by Crippen LogP contribution is -2.29. The van der Waals surface area contributed by atoms with Gasteiger partial charge in [0.2, 0.25) is 5.91 Å². The normalized spacial score (nSPS) is 11.2. The fraction of sp³-hybridized carbons (Fsp3) is 0.318. The molecule has 0 saturated carbocycles. The lowest BCUT2D eigenvalue weighted by atomic mass is 10.1. The van der Waals surface area contributed by atoms with Gasteiger partial charge in [0.05, 0.1) is 11.7 Å². The van der Waals surface area contributed by atoms with Crippen LogP contribution in [0.5, 0.6) is 0 Å². The average Bonchev–Trinajstić information content (AvgIpc) is 3.41. The predicted octanol–water partition coefficient (Wildman–Crippen LogP) is 2.79. The van der Waals surface area contributed by atoms with E-state index in [-0.39, 0.29) is 24.4 Å². The second-order valence-electron chi connectivity index (χ2n) is 7.32. The van der Waals surface area contributed by atoms with E-state index in [1.54, 1.807) is 6.33 Å². The monoisotopic (exact) mass is 436 g/mol. The van der Waals surface area contributed by atoms with Crippen LogP contribution >= 0.6 is 11.3 Å². The van der Waals surface area contributed by atoms with Crippen LogP contribution in [-0.2, 0) is 24.3 Å². The van der Waals surface area contributed by atoms with Gasteiger partial charge in [-0.25, -0.2) is 4.98 Å². The Bertz CT molecular complexity index is 1260. The summed E-state index contributed by atoms with van der Waals surface area (Å²) in [5.74, 6) is 0.730. The van der Waals surface area contributed by atoms with E-state index in [4.69, 9.17) is 0 Å². The first kappa shape index (κ1) is 20.9. The van der Waals surface area contributed by atoms with Gasteiger partial charge in [-0.15, -0.1) is 21.5 Å². The number of rotatable bonds is 8. The van der Waals surface area contributed by atoms with Crippen molar-refractivity contribution in [3.63, 3.8) is 0 Å². The van der Waals surface area contributed by atoms with E-state index in [1.165, 1.54) is 27.8 Å². The van der Waals surface area contributed by atoms with Crippen molar-refractivity contribution in [3.8, 4) is 11.1 Å². The number of carbonyl (C=O) groups excluding carboxylic acids is 1. The number of hydrogen-bond acceptors (Lipinski definition) is 6. The molecule has 0 saturated heterocycles. The predicted molar refractivity (Wildman–Crippen MR) is 121 cm³/mol. The summed E-state index contributed by atoms with van der Waals surface area (Å²) in [6.07, 6.45) is 4.03. The number of hydrogen-bond donors (Lipinski definition) is 1. The van der Waals surface area contributed by atoms with E-state index < -0.39 is 0 Å². The first-order valence-electron chi connectivity index (χ1n) is 10.2. The van der Waals surface area contributed by atoms with Crippen LogP contribution in [0.15, 0.2) is 47.1 Å². The number of aryl methyl sites for hydroxylation is 3. The second kappa shape index (κ2) is 9.22. The molecule has 0 bridgehead atoms. The van der Waals surface area contributed by atoms with Gasteiger partial charge in [-0.1, -0.05) is 29.8 Å². The molecule has 4 aromatic rings. The zero-order valence-corrected chi connectivity index (χ0v) is 18.4. The highest BCUT2D eigenvalue weighted by Crippen LogP contribution is 2.30. The Morgan fingerprint density at radius 1 is 1.16 bits per heavy atom. The van der Waals surface area contributed by atoms with Crippen LogP contribution in [0.3, 0.4) is 0 Å². The number of amides is 1. The second-order valence-corrected chi connectivity index (χ2v) is 8.18. The largest absolute Gasteiger partial charge is 0.356 e. The standard InChI is InChI=1S/C22H24N6O2S/c1-3-27-14-25-26-18(27)8-10-23-19(29)9-11-28-13-24-21-20(22(28)30)17(12-31-21)16-6-4-15(2)5-7-16/h4-7,12-14H,3,8-11H2,1-2H3,(H,23,29). The van der Waals surface area contributed by atoms with Crippen LogP contribution < -0.4 is 10.9 Å². The molecular formula is C22H24N6O2S. The first-order chi connectivity index (χ1) is 15.1. The van der Waals surface area contributed by atoms with Gasteiger partial charge in [0.25, 0.3) is 5.56 Å². The highest BCUT2D eigenvalue weighted by Gasteiger charge is 2.14. The number of benzene rings is 1. The Balaban J connectivity index is 1.42. The zero-order valence-electron chi connectivity index (χ0n) is 17.5. The molecule has 0 fully saturated rings. The summed E-state index contributed by atoms with van der Waals surface area (Å²) in [7, 11) is 0. The SMILES string of the molecule is CCn1cnnc1CCNC(=O)CCn1cnc2scc(-c3ccc(C)cc3)c2c1=O. The van der Waals surface area contributed by atoms with Crippen molar-refractivity contribution in [3.05, 3.63) is 64.0 Å². The lowest BCUT2D eigenvalue weighted by Gasteiger charge is -2.08. The van der Waals surface area contributed by atoms with Crippen LogP contribution in [0.4, 0.5) is 0 Å². The molecule has 3 aromatic heterocycles. The van der Waals surface area contributed by atoms with E-state index in [2.05, 4.69) is 20.5 Å². The molecule has 0 unspecified atom stereocenters. The number of aromatic nitrogens is 5. The molecule has 3 heterocycles. The van der Waals surface area contributed by atoms with E-state index in [1.807, 2.05) is 48.1 Å². The van der Waals surface area contributed by atoms with Gasteiger partial charge in [0, 0.05) is 43.4 Å². The fourth-order valence-electron chi connectivity index (χ4n) is 3.43. The maximum atomic E-state index is 13.1. The lowest BCUT2D eigenvalue weighted by molar-refractivity contribution is -0.121. The highest BCUT2D eigenvalue weighted by atomic mass is 32.1. The molecule has 0 atom stereocenters. The third kappa shape index (κ3) is 4.56. The van der Waals surface area contributed by atoms with E-state index in [0.29, 0.717) is 23.2 Å². The Hall–Kier alpha value is -3.33. The van der Waals surface area contributed by atoms with Crippen molar-refractivity contribution < 1.29 is 4.79 Å². The molecular weight excluding hydrogens is 412 g/mol. The summed E-state index contributed by atoms with van der Waals surface area (Å²) in [6.45, 7) is 5.60. The van der Waals surface area contributed by atoms with E-state index >= 15 is 0 Å². The van der Waals surface area contributed by atoms with Crippen molar-refractivity contribution in [1.29, 1.82) is 0 Å². The van der Waals surface area contributed by atoms with E-state index in [0.717, 1.165) is 23.5 Å². The van der Waals surface area contributed by atoms with Gasteiger partial charge >= 0.3 is 0 Å².